The number of carboxylic acid groups (broad SMARTS) is 1. The number of carboxylic acids is 1. The summed E-state index contributed by atoms with van der Waals surface area (Å²) in [6.45, 7) is 4.39. The molecule has 1 aromatic heterocycles. The molecule has 0 atom stereocenters. The summed E-state index contributed by atoms with van der Waals surface area (Å²) in [5, 5.41) is 18.0. The minimum atomic E-state index is -1.00. The summed E-state index contributed by atoms with van der Waals surface area (Å²) >= 11 is 0. The van der Waals surface area contributed by atoms with Gasteiger partial charge in [0.15, 0.2) is 0 Å². The number of unbranched alkanes of at least 4 members (excludes halogenated alkanes) is 6. The number of carbonyl (C=O) groups is 3. The van der Waals surface area contributed by atoms with Crippen molar-refractivity contribution >= 4 is 94.3 Å². The topological polar surface area (TPSA) is 126 Å². The van der Waals surface area contributed by atoms with Crippen molar-refractivity contribution < 1.29 is 19.5 Å². The van der Waals surface area contributed by atoms with Gasteiger partial charge in [0.2, 0.25) is 0 Å². The molecule has 0 saturated carbocycles. The lowest BCUT2D eigenvalue weighted by Gasteiger charge is -2.35. The molecule has 1 aliphatic heterocycles. The van der Waals surface area contributed by atoms with Gasteiger partial charge in [0.05, 0.1) is 28.6 Å². The summed E-state index contributed by atoms with van der Waals surface area (Å²) in [5.74, 6) is -1.59. The molecule has 0 fully saturated rings. The maximum atomic E-state index is 15.1. The molecule has 2 amide bonds. The lowest BCUT2D eigenvalue weighted by molar-refractivity contribution is 0.0516. The number of hydrogen-bond donors (Lipinski definition) is 1. The molecule has 9 nitrogen and oxygen atoms in total. The first kappa shape index (κ1) is 40.1. The van der Waals surface area contributed by atoms with Crippen molar-refractivity contribution in [1.29, 1.82) is 0 Å². The van der Waals surface area contributed by atoms with Crippen LogP contribution >= 0.6 is 0 Å². The summed E-state index contributed by atoms with van der Waals surface area (Å²) < 4.78 is 1.30. The van der Waals surface area contributed by atoms with E-state index in [1.54, 1.807) is 18.3 Å². The summed E-state index contributed by atoms with van der Waals surface area (Å²) in [7, 11) is 0. The number of fused-ring (bicyclic) bond motifs is 4. The number of carbonyl (C=O) groups excluding carboxylic acids is 2. The molecule has 1 aliphatic rings. The van der Waals surface area contributed by atoms with Gasteiger partial charge in [-0.2, -0.15) is 0 Å². The van der Waals surface area contributed by atoms with Gasteiger partial charge in [-0.1, -0.05) is 126 Å². The predicted octanol–water partition coefficient (Wildman–Crippen LogP) is 11.8. The smallest absolute Gasteiger partial charge is 0.335 e. The fourth-order valence-electron chi connectivity index (χ4n) is 10.3. The van der Waals surface area contributed by atoms with Gasteiger partial charge in [-0.05, 0) is 109 Å². The Morgan fingerprint density at radius 1 is 0.603 bits per heavy atom. The summed E-state index contributed by atoms with van der Waals surface area (Å²) in [6, 6.07) is 29.3. The molecule has 9 aromatic rings. The second-order valence-corrected chi connectivity index (χ2v) is 17.3. The van der Waals surface area contributed by atoms with Gasteiger partial charge in [0.1, 0.15) is 0 Å². The van der Waals surface area contributed by atoms with Crippen LogP contribution in [0.25, 0.3) is 64.6 Å². The van der Waals surface area contributed by atoms with E-state index in [1.807, 2.05) is 60.7 Å². The summed E-state index contributed by atoms with van der Waals surface area (Å²) in [4.78, 5) is 76.8. The number of rotatable bonds is 16. The molecule has 0 unspecified atom stereocenters. The Hall–Kier alpha value is -7.00. The molecule has 0 saturated heterocycles. The third-order valence-electron chi connectivity index (χ3n) is 13.4. The van der Waals surface area contributed by atoms with Gasteiger partial charge in [0, 0.05) is 28.8 Å². The number of hydrogen-bond acceptors (Lipinski definition) is 6. The van der Waals surface area contributed by atoms with Gasteiger partial charge >= 0.3 is 5.97 Å². The van der Waals surface area contributed by atoms with Crippen molar-refractivity contribution in [3.63, 3.8) is 0 Å². The summed E-state index contributed by atoms with van der Waals surface area (Å²) in [6.07, 6.45) is 11.5. The van der Waals surface area contributed by atoms with Crippen LogP contribution in [0.4, 0.5) is 5.69 Å². The Morgan fingerprint density at radius 3 is 1.90 bits per heavy atom. The van der Waals surface area contributed by atoms with Crippen molar-refractivity contribution in [3.05, 3.63) is 146 Å². The van der Waals surface area contributed by atoms with E-state index >= 15 is 4.79 Å². The first-order chi connectivity index (χ1) is 30.7. The van der Waals surface area contributed by atoms with Crippen molar-refractivity contribution in [2.75, 3.05) is 0 Å². The molecule has 10 rings (SSSR count). The maximum Gasteiger partial charge on any atom is 0.335 e. The van der Waals surface area contributed by atoms with Crippen molar-refractivity contribution in [1.82, 2.24) is 9.47 Å². The Kier molecular flexibility index (Phi) is 10.2. The van der Waals surface area contributed by atoms with E-state index in [-0.39, 0.29) is 35.5 Å². The first-order valence-corrected chi connectivity index (χ1v) is 22.4. The largest absolute Gasteiger partial charge is 0.478 e. The number of aromatic carboxylic acids is 1. The average molecular weight is 834 g/mol. The molecule has 1 N–H and O–H groups in total. The predicted molar refractivity (Wildman–Crippen MR) is 254 cm³/mol. The fraction of sp³-hybridized carbons (Fsp3) is 0.259. The highest BCUT2D eigenvalue weighted by Gasteiger charge is 2.39. The highest BCUT2D eigenvalue weighted by molar-refractivity contribution is 6.47. The third-order valence-corrected chi connectivity index (χ3v) is 13.4. The molecular formula is C54H47N3O6. The zero-order chi connectivity index (χ0) is 43.5. The molecule has 0 bridgehead atoms. The zero-order valence-corrected chi connectivity index (χ0v) is 35.5. The van der Waals surface area contributed by atoms with E-state index in [0.717, 1.165) is 113 Å². The molecular weight excluding hydrogens is 787 g/mol. The number of aliphatic imine (C=N–C) groups is 1. The highest BCUT2D eigenvalue weighted by Crippen LogP contribution is 2.50. The van der Waals surface area contributed by atoms with Crippen molar-refractivity contribution in [3.8, 4) is 0 Å². The molecule has 8 aromatic carbocycles. The SMILES string of the molecule is CCCCCCC(CCCCCC)N1C(=O)c2ccc3c4cccc5ccc6c7c(=O)n(Cc8ccc(C=Nc9ccc(C(=O)O)cc9)cc8)c(=O)c7c7cc(c2c3c7c6c54)C1=O. The molecule has 9 heteroatoms. The van der Waals surface area contributed by atoms with Crippen LogP contribution in [0.1, 0.15) is 120 Å². The molecule has 0 spiro atoms. The molecule has 2 heterocycles. The minimum Gasteiger partial charge on any atom is -0.478 e. The lowest BCUT2D eigenvalue weighted by atomic mass is 9.80. The first-order valence-electron chi connectivity index (χ1n) is 22.4. The van der Waals surface area contributed by atoms with Crippen LogP contribution < -0.4 is 11.1 Å². The van der Waals surface area contributed by atoms with Crippen LogP contribution in [0.2, 0.25) is 0 Å². The van der Waals surface area contributed by atoms with Gasteiger partial charge in [-0.15, -0.1) is 0 Å². The van der Waals surface area contributed by atoms with Gasteiger partial charge in [-0.25, -0.2) is 4.79 Å². The molecule has 314 valence electrons. The Labute approximate surface area is 363 Å². The third kappa shape index (κ3) is 6.51. The zero-order valence-electron chi connectivity index (χ0n) is 35.5. The monoisotopic (exact) mass is 833 g/mol. The van der Waals surface area contributed by atoms with Crippen LogP contribution in [0.3, 0.4) is 0 Å². The quantitative estimate of drug-likeness (QED) is 0.0340. The second kappa shape index (κ2) is 16.0. The maximum absolute atomic E-state index is 15.1. The standard InChI is InChI=1S/C54H47N3O6/c1-3-5-7-9-13-36(14-10-8-6-4-2)57-50(58)40-27-26-38-37-15-11-12-33-22-25-39-46(43(33)37)47-41(28-42(51(57)59)44(40)45(38)47)49-48(39)52(60)56(53(49)61)30-32-18-16-31(17-19-32)29-55-35-23-20-34(21-24-35)54(62)63/h11-12,15-29,36H,3-10,13-14,30H2,1-2H3,(H,62,63). The van der Waals surface area contributed by atoms with Crippen LogP contribution in [0.5, 0.6) is 0 Å². The Morgan fingerprint density at radius 2 is 1.22 bits per heavy atom. The number of imide groups is 1. The van der Waals surface area contributed by atoms with Crippen molar-refractivity contribution in [2.45, 2.75) is 90.6 Å². The molecule has 0 aliphatic carbocycles. The number of benzene rings is 8. The lowest BCUT2D eigenvalue weighted by Crippen LogP contribution is -2.47. The van der Waals surface area contributed by atoms with E-state index < -0.39 is 11.5 Å². The summed E-state index contributed by atoms with van der Waals surface area (Å²) in [5.41, 5.74) is 2.43. The Balaban J connectivity index is 1.13. The normalized spacial score (nSPS) is 13.3. The average Bonchev–Trinajstić information content (AvgIpc) is 3.55. The van der Waals surface area contributed by atoms with Crippen LogP contribution in [-0.4, -0.2) is 44.6 Å². The van der Waals surface area contributed by atoms with Crippen LogP contribution in [0.15, 0.2) is 112 Å². The van der Waals surface area contributed by atoms with E-state index in [1.165, 1.54) is 21.6 Å². The Bertz CT molecular complexity index is 3390. The second-order valence-electron chi connectivity index (χ2n) is 17.3. The molecule has 63 heavy (non-hydrogen) atoms. The number of amides is 2. The fourth-order valence-corrected chi connectivity index (χ4v) is 10.3. The van der Waals surface area contributed by atoms with Gasteiger partial charge in [-0.3, -0.25) is 33.6 Å². The molecule has 0 radical (unpaired) electrons. The van der Waals surface area contributed by atoms with Gasteiger partial charge < -0.3 is 5.11 Å². The minimum absolute atomic E-state index is 0.0387. The van der Waals surface area contributed by atoms with Gasteiger partial charge in [0.25, 0.3) is 22.9 Å². The van der Waals surface area contributed by atoms with E-state index in [9.17, 15) is 24.3 Å². The van der Waals surface area contributed by atoms with Crippen LogP contribution in [0, 0.1) is 0 Å². The van der Waals surface area contributed by atoms with E-state index in [4.69, 9.17) is 0 Å². The van der Waals surface area contributed by atoms with E-state index in [0.29, 0.717) is 43.7 Å². The van der Waals surface area contributed by atoms with Crippen LogP contribution in [-0.2, 0) is 6.54 Å². The number of aromatic nitrogens is 1. The highest BCUT2D eigenvalue weighted by atomic mass is 16.4. The number of nitrogens with zero attached hydrogens (tertiary/aromatic N) is 3. The van der Waals surface area contributed by atoms with Crippen molar-refractivity contribution in [2.24, 2.45) is 4.99 Å². The van der Waals surface area contributed by atoms with E-state index in [2.05, 4.69) is 31.0 Å².